The minimum atomic E-state index is -4.20. The molecule has 1 fully saturated rings. The number of nitrogens with zero attached hydrogens (tertiary/aromatic N) is 4. The highest BCUT2D eigenvalue weighted by Crippen LogP contribution is 2.28. The van der Waals surface area contributed by atoms with Crippen LogP contribution in [-0.2, 0) is 32.6 Å². The monoisotopic (exact) mass is 466 g/mol. The number of benzene rings is 1. The van der Waals surface area contributed by atoms with Gasteiger partial charge in [0.05, 0.1) is 5.69 Å². The number of hydrogen-bond donors (Lipinski definition) is 0. The van der Waals surface area contributed by atoms with Crippen molar-refractivity contribution in [1.29, 1.82) is 0 Å². The summed E-state index contributed by atoms with van der Waals surface area (Å²) in [6.45, 7) is 1.71. The van der Waals surface area contributed by atoms with Crippen LogP contribution in [0.4, 0.5) is 4.39 Å². The highest BCUT2D eigenvalue weighted by Gasteiger charge is 2.41. The van der Waals surface area contributed by atoms with Crippen LogP contribution in [0.3, 0.4) is 0 Å². The fourth-order valence-electron chi connectivity index (χ4n) is 3.40. The highest BCUT2D eigenvalue weighted by atomic mass is 32.2. The SMILES string of the molecule is CCc1nn2c(=O)cc(COC(=O)C3CCCN3S(=O)(=O)c3ccccc3F)nc2s1. The van der Waals surface area contributed by atoms with E-state index in [0.717, 1.165) is 21.4 Å². The Morgan fingerprint density at radius 3 is 2.87 bits per heavy atom. The molecule has 1 aromatic carbocycles. The fourth-order valence-corrected chi connectivity index (χ4v) is 5.97. The number of carbonyl (C=O) groups excluding carboxylic acids is 1. The largest absolute Gasteiger partial charge is 0.458 e. The second kappa shape index (κ2) is 8.44. The first-order valence-corrected chi connectivity index (χ1v) is 11.9. The smallest absolute Gasteiger partial charge is 0.324 e. The van der Waals surface area contributed by atoms with Crippen LogP contribution in [0, 0.1) is 5.82 Å². The Morgan fingerprint density at radius 2 is 2.13 bits per heavy atom. The van der Waals surface area contributed by atoms with E-state index in [0.29, 0.717) is 17.8 Å². The number of hydrogen-bond acceptors (Lipinski definition) is 8. The van der Waals surface area contributed by atoms with Gasteiger partial charge in [-0.15, -0.1) is 0 Å². The average Bonchev–Trinajstić information content (AvgIpc) is 3.40. The molecule has 2 aromatic heterocycles. The molecule has 0 saturated carbocycles. The van der Waals surface area contributed by atoms with E-state index in [1.165, 1.54) is 34.1 Å². The summed E-state index contributed by atoms with van der Waals surface area (Å²) in [5.41, 5.74) is -0.150. The van der Waals surface area contributed by atoms with Gasteiger partial charge in [0.25, 0.3) is 5.56 Å². The molecular weight excluding hydrogens is 447 g/mol. The Hall–Kier alpha value is -2.70. The van der Waals surface area contributed by atoms with Gasteiger partial charge < -0.3 is 4.74 Å². The zero-order chi connectivity index (χ0) is 22.2. The van der Waals surface area contributed by atoms with Crippen LogP contribution < -0.4 is 5.56 Å². The lowest BCUT2D eigenvalue weighted by Gasteiger charge is -2.22. The van der Waals surface area contributed by atoms with Crippen LogP contribution in [0.25, 0.3) is 4.96 Å². The molecule has 9 nitrogen and oxygen atoms in total. The van der Waals surface area contributed by atoms with Gasteiger partial charge in [0, 0.05) is 12.6 Å². The van der Waals surface area contributed by atoms with E-state index in [9.17, 15) is 22.4 Å². The summed E-state index contributed by atoms with van der Waals surface area (Å²) in [6.07, 6.45) is 1.36. The van der Waals surface area contributed by atoms with Crippen molar-refractivity contribution in [2.75, 3.05) is 6.54 Å². The van der Waals surface area contributed by atoms with Crippen LogP contribution in [0.1, 0.15) is 30.5 Å². The summed E-state index contributed by atoms with van der Waals surface area (Å²) >= 11 is 1.27. The molecular formula is C19H19FN4O5S2. The summed E-state index contributed by atoms with van der Waals surface area (Å²) in [6, 6.07) is 5.19. The maximum atomic E-state index is 14.1. The van der Waals surface area contributed by atoms with Gasteiger partial charge in [-0.1, -0.05) is 30.4 Å². The summed E-state index contributed by atoms with van der Waals surface area (Å²) in [7, 11) is -4.20. The molecule has 1 atom stereocenters. The molecule has 1 aliphatic rings. The maximum Gasteiger partial charge on any atom is 0.324 e. The summed E-state index contributed by atoms with van der Waals surface area (Å²) in [4.78, 5) is 29.1. The third-order valence-electron chi connectivity index (χ3n) is 4.90. The quantitative estimate of drug-likeness (QED) is 0.509. The topological polar surface area (TPSA) is 111 Å². The number of aryl methyl sites for hydroxylation is 1. The lowest BCUT2D eigenvalue weighted by molar-refractivity contribution is -0.148. The number of fused-ring (bicyclic) bond motifs is 1. The molecule has 3 heterocycles. The Balaban J connectivity index is 1.51. The van der Waals surface area contributed by atoms with Gasteiger partial charge in [0.1, 0.15) is 28.4 Å². The first-order valence-electron chi connectivity index (χ1n) is 9.63. The van der Waals surface area contributed by atoms with E-state index in [2.05, 4.69) is 10.1 Å². The average molecular weight is 467 g/mol. The molecule has 1 saturated heterocycles. The molecule has 0 bridgehead atoms. The van der Waals surface area contributed by atoms with Gasteiger partial charge in [-0.2, -0.15) is 13.9 Å². The van der Waals surface area contributed by atoms with E-state index < -0.39 is 38.3 Å². The number of ether oxygens (including phenoxy) is 1. The first kappa shape index (κ1) is 21.5. The first-order chi connectivity index (χ1) is 14.8. The Morgan fingerprint density at radius 1 is 1.35 bits per heavy atom. The van der Waals surface area contributed by atoms with Crippen LogP contribution in [-0.4, -0.2) is 45.9 Å². The predicted octanol–water partition coefficient (Wildman–Crippen LogP) is 1.75. The summed E-state index contributed by atoms with van der Waals surface area (Å²) in [5.74, 6) is -1.64. The standard InChI is InChI=1S/C19H19FN4O5S2/c1-2-16-22-24-17(25)10-12(21-19(24)30-16)11-29-18(26)14-7-5-9-23(14)31(27,28)15-8-4-3-6-13(15)20/h3-4,6,8,10,14H,2,5,7,9,11H2,1H3. The molecule has 3 aromatic rings. The van der Waals surface area contributed by atoms with E-state index in [1.807, 2.05) is 6.92 Å². The molecule has 0 radical (unpaired) electrons. The van der Waals surface area contributed by atoms with Crippen LogP contribution in [0.2, 0.25) is 0 Å². The molecule has 0 amide bonds. The van der Waals surface area contributed by atoms with E-state index >= 15 is 0 Å². The van der Waals surface area contributed by atoms with Crippen LogP contribution in [0.15, 0.2) is 40.0 Å². The normalized spacial score (nSPS) is 17.3. The third kappa shape index (κ3) is 4.10. The second-order valence-electron chi connectivity index (χ2n) is 6.94. The van der Waals surface area contributed by atoms with E-state index in [1.54, 1.807) is 0 Å². The van der Waals surface area contributed by atoms with Crippen LogP contribution >= 0.6 is 11.3 Å². The van der Waals surface area contributed by atoms with Crippen molar-refractivity contribution in [3.63, 3.8) is 0 Å². The van der Waals surface area contributed by atoms with Gasteiger partial charge in [0.15, 0.2) is 0 Å². The van der Waals surface area contributed by atoms with Gasteiger partial charge in [0.2, 0.25) is 15.0 Å². The van der Waals surface area contributed by atoms with Crippen molar-refractivity contribution in [3.05, 3.63) is 57.2 Å². The van der Waals surface area contributed by atoms with Gasteiger partial charge in [-0.25, -0.2) is 17.8 Å². The molecule has 0 spiro atoms. The highest BCUT2D eigenvalue weighted by molar-refractivity contribution is 7.89. The Labute approximate surface area is 181 Å². The number of rotatable bonds is 6. The van der Waals surface area contributed by atoms with Gasteiger partial charge in [-0.05, 0) is 31.4 Å². The van der Waals surface area contributed by atoms with Gasteiger partial charge >= 0.3 is 5.97 Å². The lowest BCUT2D eigenvalue weighted by Crippen LogP contribution is -2.41. The lowest BCUT2D eigenvalue weighted by atomic mass is 10.2. The number of esters is 1. The van der Waals surface area contributed by atoms with Crippen molar-refractivity contribution in [2.45, 2.75) is 43.7 Å². The zero-order valence-electron chi connectivity index (χ0n) is 16.5. The molecule has 1 aliphatic heterocycles. The predicted molar refractivity (Wildman–Crippen MR) is 110 cm³/mol. The molecule has 164 valence electrons. The minimum absolute atomic E-state index is 0.0860. The fraction of sp³-hybridized carbons (Fsp3) is 0.368. The Kier molecular flexibility index (Phi) is 5.86. The number of aromatic nitrogens is 3. The van der Waals surface area contributed by atoms with Crippen molar-refractivity contribution in [3.8, 4) is 0 Å². The number of halogens is 1. The zero-order valence-corrected chi connectivity index (χ0v) is 18.2. The summed E-state index contributed by atoms with van der Waals surface area (Å²) in [5, 5.41) is 4.90. The van der Waals surface area contributed by atoms with Crippen molar-refractivity contribution in [2.24, 2.45) is 0 Å². The number of carbonyl (C=O) groups is 1. The van der Waals surface area contributed by atoms with E-state index in [-0.39, 0.29) is 25.3 Å². The summed E-state index contributed by atoms with van der Waals surface area (Å²) < 4.78 is 47.3. The van der Waals surface area contributed by atoms with Gasteiger partial charge in [-0.3, -0.25) is 9.59 Å². The molecule has 31 heavy (non-hydrogen) atoms. The molecule has 1 unspecified atom stereocenters. The minimum Gasteiger partial charge on any atom is -0.458 e. The number of sulfonamides is 1. The molecule has 12 heteroatoms. The maximum absolute atomic E-state index is 14.1. The van der Waals surface area contributed by atoms with Crippen molar-refractivity contribution < 1.29 is 22.3 Å². The molecule has 4 rings (SSSR count). The van der Waals surface area contributed by atoms with E-state index in [4.69, 9.17) is 4.74 Å². The second-order valence-corrected chi connectivity index (χ2v) is 9.84. The third-order valence-corrected chi connectivity index (χ3v) is 7.90. The Bertz CT molecular complexity index is 1300. The van der Waals surface area contributed by atoms with Crippen molar-refractivity contribution >= 4 is 32.3 Å². The molecule has 0 N–H and O–H groups in total. The van der Waals surface area contributed by atoms with Crippen LogP contribution in [0.5, 0.6) is 0 Å². The van der Waals surface area contributed by atoms with Crippen molar-refractivity contribution in [1.82, 2.24) is 18.9 Å². The molecule has 0 aliphatic carbocycles.